The van der Waals surface area contributed by atoms with Crippen LogP contribution in [0, 0.1) is 6.92 Å². The van der Waals surface area contributed by atoms with Crippen LogP contribution in [0.15, 0.2) is 12.5 Å². The molecule has 2 heterocycles. The van der Waals surface area contributed by atoms with Gasteiger partial charge in [0.15, 0.2) is 0 Å². The Hall–Kier alpha value is -1.53. The molecule has 0 aliphatic carbocycles. The minimum atomic E-state index is -0.327. The van der Waals surface area contributed by atoms with Crippen molar-refractivity contribution in [3.8, 4) is 0 Å². The van der Waals surface area contributed by atoms with Crippen molar-refractivity contribution in [2.24, 2.45) is 0 Å². The van der Waals surface area contributed by atoms with Crippen LogP contribution in [0.2, 0.25) is 0 Å². The maximum atomic E-state index is 12.3. The van der Waals surface area contributed by atoms with Gasteiger partial charge in [0, 0.05) is 38.9 Å². The van der Waals surface area contributed by atoms with E-state index >= 15 is 0 Å². The number of carbonyl (C=O) groups excluding carboxylic acids is 1. The standard InChI is InChI=1S/C13H20N4O2/c1-10(18)8-16-3-5-17(6-4-16)13(19)12-7-14-9-15-11(12)2/h7,9-10,18H,3-6,8H2,1-2H3. The zero-order chi connectivity index (χ0) is 13.8. The second kappa shape index (κ2) is 6.08. The number of amides is 1. The van der Waals surface area contributed by atoms with Gasteiger partial charge in [-0.15, -0.1) is 0 Å². The smallest absolute Gasteiger partial charge is 0.257 e. The number of aryl methyl sites for hydroxylation is 1. The Morgan fingerprint density at radius 1 is 1.42 bits per heavy atom. The lowest BCUT2D eigenvalue weighted by Gasteiger charge is -2.35. The summed E-state index contributed by atoms with van der Waals surface area (Å²) >= 11 is 0. The molecule has 0 radical (unpaired) electrons. The molecular formula is C13H20N4O2. The number of aliphatic hydroxyl groups is 1. The molecule has 6 heteroatoms. The highest BCUT2D eigenvalue weighted by molar-refractivity contribution is 5.94. The molecular weight excluding hydrogens is 244 g/mol. The van der Waals surface area contributed by atoms with Crippen LogP contribution in [0.4, 0.5) is 0 Å². The third-order valence-corrected chi connectivity index (χ3v) is 3.32. The summed E-state index contributed by atoms with van der Waals surface area (Å²) < 4.78 is 0. The molecule has 0 saturated carbocycles. The Labute approximate surface area is 113 Å². The van der Waals surface area contributed by atoms with Crippen LogP contribution >= 0.6 is 0 Å². The topological polar surface area (TPSA) is 69.6 Å². The summed E-state index contributed by atoms with van der Waals surface area (Å²) in [6.45, 7) is 7.21. The van der Waals surface area contributed by atoms with Crippen molar-refractivity contribution < 1.29 is 9.90 Å². The summed E-state index contributed by atoms with van der Waals surface area (Å²) in [5.74, 6) is -0.00482. The number of carbonyl (C=O) groups is 1. The normalized spacial score (nSPS) is 18.4. The van der Waals surface area contributed by atoms with Crippen molar-refractivity contribution in [2.75, 3.05) is 32.7 Å². The average molecular weight is 264 g/mol. The van der Waals surface area contributed by atoms with Gasteiger partial charge in [0.1, 0.15) is 6.33 Å². The Kier molecular flexibility index (Phi) is 4.44. The molecule has 1 unspecified atom stereocenters. The highest BCUT2D eigenvalue weighted by Gasteiger charge is 2.23. The fraction of sp³-hybridized carbons (Fsp3) is 0.615. The van der Waals surface area contributed by atoms with Crippen LogP contribution in [0.1, 0.15) is 23.0 Å². The van der Waals surface area contributed by atoms with E-state index in [4.69, 9.17) is 0 Å². The Balaban J connectivity index is 1.95. The van der Waals surface area contributed by atoms with E-state index < -0.39 is 0 Å². The maximum absolute atomic E-state index is 12.3. The Morgan fingerprint density at radius 3 is 2.68 bits per heavy atom. The molecule has 6 nitrogen and oxygen atoms in total. The van der Waals surface area contributed by atoms with E-state index in [2.05, 4.69) is 14.9 Å². The molecule has 1 N–H and O–H groups in total. The van der Waals surface area contributed by atoms with E-state index in [0.29, 0.717) is 30.9 Å². The van der Waals surface area contributed by atoms with Crippen LogP contribution in [-0.2, 0) is 0 Å². The first-order chi connectivity index (χ1) is 9.08. The van der Waals surface area contributed by atoms with Crippen molar-refractivity contribution in [1.82, 2.24) is 19.8 Å². The predicted octanol–water partition coefficient (Wildman–Crippen LogP) is -0.0764. The molecule has 1 fully saturated rings. The van der Waals surface area contributed by atoms with E-state index in [9.17, 15) is 9.90 Å². The number of hydrogen-bond donors (Lipinski definition) is 1. The molecule has 104 valence electrons. The van der Waals surface area contributed by atoms with E-state index in [0.717, 1.165) is 13.1 Å². The molecule has 2 rings (SSSR count). The highest BCUT2D eigenvalue weighted by Crippen LogP contribution is 2.10. The Bertz CT molecular complexity index is 442. The zero-order valence-electron chi connectivity index (χ0n) is 11.4. The summed E-state index contributed by atoms with van der Waals surface area (Å²) in [4.78, 5) is 24.3. The van der Waals surface area contributed by atoms with Gasteiger partial charge >= 0.3 is 0 Å². The third kappa shape index (κ3) is 3.48. The molecule has 0 aromatic carbocycles. The molecule has 0 bridgehead atoms. The van der Waals surface area contributed by atoms with E-state index in [1.165, 1.54) is 6.33 Å². The molecule has 1 atom stereocenters. The van der Waals surface area contributed by atoms with Gasteiger partial charge in [-0.05, 0) is 13.8 Å². The minimum absolute atomic E-state index is 0.00482. The SMILES string of the molecule is Cc1ncncc1C(=O)N1CCN(CC(C)O)CC1. The highest BCUT2D eigenvalue weighted by atomic mass is 16.3. The van der Waals surface area contributed by atoms with Crippen molar-refractivity contribution in [1.29, 1.82) is 0 Å². The van der Waals surface area contributed by atoms with E-state index in [-0.39, 0.29) is 12.0 Å². The second-order valence-corrected chi connectivity index (χ2v) is 4.96. The van der Waals surface area contributed by atoms with Gasteiger partial charge in [-0.25, -0.2) is 9.97 Å². The number of rotatable bonds is 3. The molecule has 0 spiro atoms. The number of piperazine rings is 1. The maximum Gasteiger partial charge on any atom is 0.257 e. The number of β-amino-alcohol motifs (C(OH)–C–C–N with tert-alkyl or cyclic N) is 1. The lowest BCUT2D eigenvalue weighted by atomic mass is 10.2. The first kappa shape index (κ1) is 13.9. The summed E-state index contributed by atoms with van der Waals surface area (Å²) in [5.41, 5.74) is 1.29. The number of aromatic nitrogens is 2. The second-order valence-electron chi connectivity index (χ2n) is 4.96. The number of hydrogen-bond acceptors (Lipinski definition) is 5. The average Bonchev–Trinajstić information content (AvgIpc) is 2.39. The van der Waals surface area contributed by atoms with E-state index in [1.54, 1.807) is 13.1 Å². The molecule has 1 aromatic rings. The zero-order valence-corrected chi connectivity index (χ0v) is 11.4. The van der Waals surface area contributed by atoms with Gasteiger partial charge in [-0.2, -0.15) is 0 Å². The summed E-state index contributed by atoms with van der Waals surface area (Å²) in [6, 6.07) is 0. The van der Waals surface area contributed by atoms with Crippen LogP contribution in [0.3, 0.4) is 0 Å². The minimum Gasteiger partial charge on any atom is -0.392 e. The fourth-order valence-electron chi connectivity index (χ4n) is 2.28. The van der Waals surface area contributed by atoms with E-state index in [1.807, 2.05) is 11.8 Å². The van der Waals surface area contributed by atoms with Crippen LogP contribution in [-0.4, -0.2) is 69.6 Å². The van der Waals surface area contributed by atoms with Gasteiger partial charge in [-0.3, -0.25) is 9.69 Å². The Morgan fingerprint density at radius 2 is 2.11 bits per heavy atom. The fourth-order valence-corrected chi connectivity index (χ4v) is 2.28. The monoisotopic (exact) mass is 264 g/mol. The van der Waals surface area contributed by atoms with Crippen LogP contribution in [0.5, 0.6) is 0 Å². The largest absolute Gasteiger partial charge is 0.392 e. The van der Waals surface area contributed by atoms with Gasteiger partial charge < -0.3 is 10.0 Å². The van der Waals surface area contributed by atoms with Crippen molar-refractivity contribution in [3.05, 3.63) is 23.8 Å². The predicted molar refractivity (Wildman–Crippen MR) is 70.8 cm³/mol. The van der Waals surface area contributed by atoms with Crippen molar-refractivity contribution in [3.63, 3.8) is 0 Å². The molecule has 1 aliphatic heterocycles. The molecule has 1 amide bonds. The summed E-state index contributed by atoms with van der Waals surface area (Å²) in [5, 5.41) is 9.36. The summed E-state index contributed by atoms with van der Waals surface area (Å²) in [7, 11) is 0. The van der Waals surface area contributed by atoms with Crippen molar-refractivity contribution in [2.45, 2.75) is 20.0 Å². The number of aliphatic hydroxyl groups excluding tert-OH is 1. The lowest BCUT2D eigenvalue weighted by molar-refractivity contribution is 0.0553. The quantitative estimate of drug-likeness (QED) is 0.827. The first-order valence-electron chi connectivity index (χ1n) is 6.54. The molecule has 1 saturated heterocycles. The van der Waals surface area contributed by atoms with Crippen LogP contribution < -0.4 is 0 Å². The molecule has 1 aliphatic rings. The van der Waals surface area contributed by atoms with Gasteiger partial charge in [0.2, 0.25) is 0 Å². The lowest BCUT2D eigenvalue weighted by Crippen LogP contribution is -2.50. The molecule has 19 heavy (non-hydrogen) atoms. The number of nitrogens with zero attached hydrogens (tertiary/aromatic N) is 4. The molecule has 1 aromatic heterocycles. The van der Waals surface area contributed by atoms with Gasteiger partial charge in [0.25, 0.3) is 5.91 Å². The van der Waals surface area contributed by atoms with Gasteiger partial charge in [-0.1, -0.05) is 0 Å². The van der Waals surface area contributed by atoms with Crippen LogP contribution in [0.25, 0.3) is 0 Å². The first-order valence-corrected chi connectivity index (χ1v) is 6.54. The summed E-state index contributed by atoms with van der Waals surface area (Å²) in [6.07, 6.45) is 2.70. The third-order valence-electron chi connectivity index (χ3n) is 3.32. The van der Waals surface area contributed by atoms with Gasteiger partial charge in [0.05, 0.1) is 17.4 Å². The van der Waals surface area contributed by atoms with Crippen molar-refractivity contribution >= 4 is 5.91 Å².